The van der Waals surface area contributed by atoms with Crippen LogP contribution in [0.1, 0.15) is 5.56 Å². The molecule has 0 aliphatic carbocycles. The minimum Gasteiger partial charge on any atom is -0.275 e. The van der Waals surface area contributed by atoms with Gasteiger partial charge in [-0.05, 0) is 6.07 Å². The molecule has 1 aliphatic rings. The highest BCUT2D eigenvalue weighted by Crippen LogP contribution is 2.15. The molecule has 1 fully saturated rings. The molecule has 0 atom stereocenters. The van der Waals surface area contributed by atoms with Gasteiger partial charge in [0.25, 0.3) is 5.69 Å². The molecule has 18 heavy (non-hydrogen) atoms. The van der Waals surface area contributed by atoms with Gasteiger partial charge < -0.3 is 0 Å². The number of hydrogen-bond acceptors (Lipinski definition) is 5. The third-order valence-electron chi connectivity index (χ3n) is 2.24. The van der Waals surface area contributed by atoms with Gasteiger partial charge in [-0.1, -0.05) is 12.1 Å². The van der Waals surface area contributed by atoms with E-state index in [9.17, 15) is 19.7 Å². The van der Waals surface area contributed by atoms with Crippen LogP contribution in [0.15, 0.2) is 29.4 Å². The van der Waals surface area contributed by atoms with Gasteiger partial charge in [0.2, 0.25) is 5.91 Å². The van der Waals surface area contributed by atoms with Crippen molar-refractivity contribution in [2.24, 2.45) is 5.10 Å². The molecular formula is C10H8N4O4. The molecule has 1 aromatic carbocycles. The molecule has 1 heterocycles. The van der Waals surface area contributed by atoms with Crippen molar-refractivity contribution in [1.29, 1.82) is 0 Å². The quantitative estimate of drug-likeness (QED) is 0.363. The summed E-state index contributed by atoms with van der Waals surface area (Å²) in [5.41, 5.74) is 0.141. The van der Waals surface area contributed by atoms with Crippen LogP contribution in [0.3, 0.4) is 0 Å². The second-order valence-electron chi connectivity index (χ2n) is 3.47. The summed E-state index contributed by atoms with van der Waals surface area (Å²) >= 11 is 0. The maximum Gasteiger partial charge on any atom is 0.344 e. The average Bonchev–Trinajstić information content (AvgIpc) is 2.65. The van der Waals surface area contributed by atoms with E-state index in [1.54, 1.807) is 6.07 Å². The smallest absolute Gasteiger partial charge is 0.275 e. The lowest BCUT2D eigenvalue weighted by Gasteiger charge is -2.04. The fraction of sp³-hybridized carbons (Fsp3) is 0.100. The van der Waals surface area contributed by atoms with Gasteiger partial charge in [-0.15, -0.1) is 0 Å². The molecule has 8 heteroatoms. The number of amides is 3. The number of urea groups is 1. The maximum absolute atomic E-state index is 11.2. The third kappa shape index (κ3) is 2.32. The Kier molecular flexibility index (Phi) is 3.00. The lowest BCUT2D eigenvalue weighted by atomic mass is 10.2. The number of imide groups is 1. The summed E-state index contributed by atoms with van der Waals surface area (Å²) in [6.45, 7) is -0.185. The Morgan fingerprint density at radius 3 is 2.72 bits per heavy atom. The van der Waals surface area contributed by atoms with Crippen molar-refractivity contribution >= 4 is 23.8 Å². The van der Waals surface area contributed by atoms with Crippen molar-refractivity contribution in [2.45, 2.75) is 0 Å². The SMILES string of the molecule is O=C1CN(N=Cc2ccccc2[N+](=O)[O-])C(=O)N1. The van der Waals surface area contributed by atoms with Crippen molar-refractivity contribution in [3.05, 3.63) is 39.9 Å². The summed E-state index contributed by atoms with van der Waals surface area (Å²) in [6.07, 6.45) is 1.18. The van der Waals surface area contributed by atoms with Gasteiger partial charge in [0.05, 0.1) is 16.7 Å². The van der Waals surface area contributed by atoms with Crippen LogP contribution in [0.5, 0.6) is 0 Å². The molecule has 1 aromatic rings. The fourth-order valence-electron chi connectivity index (χ4n) is 1.42. The Bertz CT molecular complexity index is 555. The number of carbonyl (C=O) groups is 2. The van der Waals surface area contributed by atoms with E-state index in [-0.39, 0.29) is 17.8 Å². The van der Waals surface area contributed by atoms with Crippen molar-refractivity contribution in [3.63, 3.8) is 0 Å². The highest BCUT2D eigenvalue weighted by atomic mass is 16.6. The summed E-state index contributed by atoms with van der Waals surface area (Å²) < 4.78 is 0. The molecule has 0 bridgehead atoms. The Morgan fingerprint density at radius 2 is 2.11 bits per heavy atom. The number of nitrogens with one attached hydrogen (secondary N) is 1. The van der Waals surface area contributed by atoms with Crippen molar-refractivity contribution < 1.29 is 14.5 Å². The van der Waals surface area contributed by atoms with Crippen LogP contribution >= 0.6 is 0 Å². The molecule has 0 saturated carbocycles. The molecule has 92 valence electrons. The molecule has 1 aliphatic heterocycles. The Morgan fingerprint density at radius 1 is 1.39 bits per heavy atom. The fourth-order valence-corrected chi connectivity index (χ4v) is 1.42. The van der Waals surface area contributed by atoms with Crippen LogP contribution in [0.25, 0.3) is 0 Å². The Balaban J connectivity index is 2.21. The molecule has 1 saturated heterocycles. The zero-order chi connectivity index (χ0) is 13.1. The molecule has 2 rings (SSSR count). The first kappa shape index (κ1) is 11.7. The number of carbonyl (C=O) groups excluding carboxylic acids is 2. The Labute approximate surface area is 101 Å². The lowest BCUT2D eigenvalue weighted by molar-refractivity contribution is -0.385. The van der Waals surface area contributed by atoms with Gasteiger partial charge in [-0.3, -0.25) is 20.2 Å². The summed E-state index contributed by atoms with van der Waals surface area (Å²) in [6, 6.07) is 5.33. The molecule has 0 aromatic heterocycles. The van der Waals surface area contributed by atoms with E-state index in [1.807, 2.05) is 5.32 Å². The van der Waals surface area contributed by atoms with E-state index in [4.69, 9.17) is 0 Å². The zero-order valence-electron chi connectivity index (χ0n) is 9.07. The van der Waals surface area contributed by atoms with Gasteiger partial charge in [0.15, 0.2) is 0 Å². The summed E-state index contributed by atoms with van der Waals surface area (Å²) in [5, 5.41) is 17.4. The third-order valence-corrected chi connectivity index (χ3v) is 2.24. The predicted molar refractivity (Wildman–Crippen MR) is 60.9 cm³/mol. The summed E-state index contributed by atoms with van der Waals surface area (Å²) in [7, 11) is 0. The van der Waals surface area contributed by atoms with Crippen LogP contribution in [-0.2, 0) is 4.79 Å². The van der Waals surface area contributed by atoms with Gasteiger partial charge in [-0.2, -0.15) is 5.10 Å². The van der Waals surface area contributed by atoms with Gasteiger partial charge in [0.1, 0.15) is 6.54 Å². The maximum atomic E-state index is 11.2. The normalized spacial score (nSPS) is 15.2. The largest absolute Gasteiger partial charge is 0.344 e. The standard InChI is InChI=1S/C10H8N4O4/c15-9-6-13(10(16)12-9)11-5-7-3-1-2-4-8(7)14(17)18/h1-5H,6H2,(H,12,15,16). The highest BCUT2D eigenvalue weighted by molar-refractivity contribution is 6.02. The minimum atomic E-state index is -0.644. The monoisotopic (exact) mass is 248 g/mol. The van der Waals surface area contributed by atoms with E-state index in [0.29, 0.717) is 0 Å². The molecule has 1 N–H and O–H groups in total. The molecule has 0 radical (unpaired) electrons. The van der Waals surface area contributed by atoms with Gasteiger partial charge >= 0.3 is 6.03 Å². The van der Waals surface area contributed by atoms with Gasteiger partial charge in [-0.25, -0.2) is 9.80 Å². The van der Waals surface area contributed by atoms with Crippen LogP contribution in [-0.4, -0.2) is 34.6 Å². The number of nitro benzene ring substituents is 1. The Hall–Kier alpha value is -2.77. The van der Waals surface area contributed by atoms with Crippen LogP contribution in [0, 0.1) is 10.1 Å². The first-order valence-corrected chi connectivity index (χ1v) is 4.96. The molecule has 0 unspecified atom stereocenters. The molecule has 3 amide bonds. The van der Waals surface area contributed by atoms with Crippen molar-refractivity contribution in [2.75, 3.05) is 6.54 Å². The van der Waals surface area contributed by atoms with Crippen LogP contribution in [0.2, 0.25) is 0 Å². The topological polar surface area (TPSA) is 105 Å². The second kappa shape index (κ2) is 4.62. The number of nitro groups is 1. The number of hydrogen-bond donors (Lipinski definition) is 1. The lowest BCUT2D eigenvalue weighted by Crippen LogP contribution is -2.24. The van der Waals surface area contributed by atoms with E-state index in [0.717, 1.165) is 5.01 Å². The first-order chi connectivity index (χ1) is 8.58. The summed E-state index contributed by atoms with van der Waals surface area (Å²) in [4.78, 5) is 32.3. The van der Waals surface area contributed by atoms with Crippen LogP contribution < -0.4 is 5.32 Å². The molecule has 0 spiro atoms. The van der Waals surface area contributed by atoms with E-state index in [2.05, 4.69) is 5.10 Å². The number of para-hydroxylation sites is 1. The van der Waals surface area contributed by atoms with Crippen molar-refractivity contribution in [3.8, 4) is 0 Å². The van der Waals surface area contributed by atoms with E-state index in [1.165, 1.54) is 24.4 Å². The summed E-state index contributed by atoms with van der Waals surface area (Å²) in [5.74, 6) is -0.459. The number of nitrogens with zero attached hydrogens (tertiary/aromatic N) is 3. The highest BCUT2D eigenvalue weighted by Gasteiger charge is 2.26. The number of benzene rings is 1. The number of rotatable bonds is 3. The van der Waals surface area contributed by atoms with Crippen LogP contribution in [0.4, 0.5) is 10.5 Å². The number of hydrazone groups is 1. The average molecular weight is 248 g/mol. The zero-order valence-corrected chi connectivity index (χ0v) is 9.07. The first-order valence-electron chi connectivity index (χ1n) is 4.96. The van der Waals surface area contributed by atoms with E-state index < -0.39 is 16.9 Å². The van der Waals surface area contributed by atoms with E-state index >= 15 is 0 Å². The van der Waals surface area contributed by atoms with Crippen molar-refractivity contribution in [1.82, 2.24) is 10.3 Å². The van der Waals surface area contributed by atoms with Gasteiger partial charge in [0, 0.05) is 6.07 Å². The second-order valence-corrected chi connectivity index (χ2v) is 3.47. The predicted octanol–water partition coefficient (Wildman–Crippen LogP) is 0.480. The molecular weight excluding hydrogens is 240 g/mol. The minimum absolute atomic E-state index is 0.118. The molecule has 8 nitrogen and oxygen atoms in total.